The summed E-state index contributed by atoms with van der Waals surface area (Å²) in [5.41, 5.74) is 0.435. The fourth-order valence-corrected chi connectivity index (χ4v) is 2.51. The Morgan fingerprint density at radius 2 is 2.12 bits per heavy atom. The maximum Gasteiger partial charge on any atom is 0.322 e. The van der Waals surface area contributed by atoms with Crippen LogP contribution in [0.2, 0.25) is 5.02 Å². The number of H-pyrrole nitrogens is 1. The van der Waals surface area contributed by atoms with Gasteiger partial charge in [-0.15, -0.1) is 0 Å². The van der Waals surface area contributed by atoms with E-state index in [0.717, 1.165) is 0 Å². The molecule has 0 fully saturated rings. The third-order valence-corrected chi connectivity index (χ3v) is 3.55. The summed E-state index contributed by atoms with van der Waals surface area (Å²) in [7, 11) is 0. The van der Waals surface area contributed by atoms with E-state index in [1.807, 2.05) is 0 Å². The lowest BCUT2D eigenvalue weighted by molar-refractivity contribution is -0.135. The molecule has 2 heterocycles. The van der Waals surface area contributed by atoms with Crippen molar-refractivity contribution in [1.29, 1.82) is 0 Å². The number of fused-ring (bicyclic) bond motifs is 1. The van der Waals surface area contributed by atoms with E-state index in [2.05, 4.69) is 15.4 Å². The van der Waals surface area contributed by atoms with Crippen LogP contribution in [-0.2, 0) is 4.79 Å². The second-order valence-corrected chi connectivity index (χ2v) is 5.34. The molecule has 1 amide bonds. The van der Waals surface area contributed by atoms with Crippen molar-refractivity contribution in [3.05, 3.63) is 57.5 Å². The molecule has 3 N–H and O–H groups in total. The third kappa shape index (κ3) is 2.86. The topological polar surface area (TPSA) is 117 Å². The Hall–Kier alpha value is -3.13. The van der Waals surface area contributed by atoms with Crippen LogP contribution in [0.25, 0.3) is 16.9 Å². The number of aromatic amines is 1. The summed E-state index contributed by atoms with van der Waals surface area (Å²) in [5, 5.41) is 14.1. The predicted octanol–water partition coefficient (Wildman–Crippen LogP) is 1.16. The first kappa shape index (κ1) is 15.8. The molecule has 2 aromatic heterocycles. The molecule has 24 heavy (non-hydrogen) atoms. The van der Waals surface area contributed by atoms with Crippen molar-refractivity contribution in [1.82, 2.24) is 19.9 Å². The lowest BCUT2D eigenvalue weighted by Crippen LogP contribution is -2.33. The number of benzene rings is 1. The van der Waals surface area contributed by atoms with Gasteiger partial charge < -0.3 is 10.4 Å². The van der Waals surface area contributed by atoms with Crippen LogP contribution in [0.15, 0.2) is 41.5 Å². The first-order valence-corrected chi connectivity index (χ1v) is 7.20. The van der Waals surface area contributed by atoms with Crippen LogP contribution in [0.4, 0.5) is 0 Å². The Kier molecular flexibility index (Phi) is 4.05. The molecule has 0 radical (unpaired) electrons. The van der Waals surface area contributed by atoms with Crippen LogP contribution in [0.5, 0.6) is 0 Å². The maximum atomic E-state index is 12.4. The van der Waals surface area contributed by atoms with Crippen molar-refractivity contribution in [3.63, 3.8) is 0 Å². The second-order valence-electron chi connectivity index (χ2n) is 4.90. The van der Waals surface area contributed by atoms with Gasteiger partial charge in [0.1, 0.15) is 18.4 Å². The SMILES string of the molecule is O=C(O)CNC(=O)c1c(=O)cc(-c2cccc(Cl)c2)n2[nH]cnc12. The number of aliphatic carboxylic acids is 1. The number of halogens is 1. The molecule has 0 aliphatic heterocycles. The molecule has 0 bridgehead atoms. The van der Waals surface area contributed by atoms with Crippen molar-refractivity contribution >= 4 is 29.1 Å². The van der Waals surface area contributed by atoms with Gasteiger partial charge in [-0.1, -0.05) is 23.7 Å². The Morgan fingerprint density at radius 1 is 1.33 bits per heavy atom. The molecule has 0 atom stereocenters. The highest BCUT2D eigenvalue weighted by Crippen LogP contribution is 2.22. The normalized spacial score (nSPS) is 10.7. The zero-order valence-corrected chi connectivity index (χ0v) is 12.9. The van der Waals surface area contributed by atoms with E-state index in [-0.39, 0.29) is 11.2 Å². The zero-order chi connectivity index (χ0) is 17.3. The summed E-state index contributed by atoms with van der Waals surface area (Å²) in [5.74, 6) is -2.01. The number of carboxylic acid groups (broad SMARTS) is 1. The van der Waals surface area contributed by atoms with Gasteiger partial charge in [-0.3, -0.25) is 19.5 Å². The van der Waals surface area contributed by atoms with Crippen molar-refractivity contribution < 1.29 is 14.7 Å². The van der Waals surface area contributed by atoms with Crippen LogP contribution in [0.3, 0.4) is 0 Å². The van der Waals surface area contributed by atoms with Gasteiger partial charge in [0.05, 0.1) is 5.69 Å². The van der Waals surface area contributed by atoms with Gasteiger partial charge >= 0.3 is 5.97 Å². The summed E-state index contributed by atoms with van der Waals surface area (Å²) in [4.78, 5) is 39.1. The molecule has 1 aromatic carbocycles. The largest absolute Gasteiger partial charge is 0.480 e. The minimum atomic E-state index is -1.21. The fourth-order valence-electron chi connectivity index (χ4n) is 2.32. The molecule has 122 valence electrons. The minimum Gasteiger partial charge on any atom is -0.480 e. The van der Waals surface area contributed by atoms with Crippen LogP contribution in [-0.4, -0.2) is 38.1 Å². The summed E-state index contributed by atoms with van der Waals surface area (Å²) >= 11 is 5.98. The average molecular weight is 347 g/mol. The smallest absolute Gasteiger partial charge is 0.322 e. The molecule has 0 unspecified atom stereocenters. The molecule has 3 aromatic rings. The lowest BCUT2D eigenvalue weighted by atomic mass is 10.1. The van der Waals surface area contributed by atoms with Crippen molar-refractivity contribution in [2.75, 3.05) is 6.54 Å². The van der Waals surface area contributed by atoms with Gasteiger partial charge in [0.15, 0.2) is 11.1 Å². The highest BCUT2D eigenvalue weighted by Gasteiger charge is 2.20. The Morgan fingerprint density at radius 3 is 2.83 bits per heavy atom. The van der Waals surface area contributed by atoms with Gasteiger partial charge in [-0.25, -0.2) is 9.50 Å². The van der Waals surface area contributed by atoms with Crippen molar-refractivity contribution in [2.24, 2.45) is 0 Å². The van der Waals surface area contributed by atoms with Crippen molar-refractivity contribution in [2.45, 2.75) is 0 Å². The Labute approximate surface area is 139 Å². The first-order chi connectivity index (χ1) is 11.5. The highest BCUT2D eigenvalue weighted by molar-refractivity contribution is 6.30. The number of carbonyl (C=O) groups excluding carboxylic acids is 1. The van der Waals surface area contributed by atoms with Gasteiger partial charge in [0, 0.05) is 16.7 Å². The third-order valence-electron chi connectivity index (χ3n) is 3.31. The first-order valence-electron chi connectivity index (χ1n) is 6.82. The number of amides is 1. The molecule has 0 saturated carbocycles. The van der Waals surface area contributed by atoms with E-state index < -0.39 is 23.9 Å². The lowest BCUT2D eigenvalue weighted by Gasteiger charge is -2.08. The Balaban J connectivity index is 2.15. The number of rotatable bonds is 4. The van der Waals surface area contributed by atoms with E-state index in [0.29, 0.717) is 16.3 Å². The quantitative estimate of drug-likeness (QED) is 0.655. The molecule has 8 nitrogen and oxygen atoms in total. The summed E-state index contributed by atoms with van der Waals surface area (Å²) in [6.45, 7) is -0.592. The number of hydrogen-bond acceptors (Lipinski definition) is 4. The van der Waals surface area contributed by atoms with Crippen LogP contribution >= 0.6 is 11.6 Å². The van der Waals surface area contributed by atoms with Crippen LogP contribution < -0.4 is 10.7 Å². The van der Waals surface area contributed by atoms with E-state index >= 15 is 0 Å². The maximum absolute atomic E-state index is 12.4. The van der Waals surface area contributed by atoms with Gasteiger partial charge in [-0.2, -0.15) is 0 Å². The molecule has 0 spiro atoms. The van der Waals surface area contributed by atoms with Gasteiger partial charge in [0.2, 0.25) is 0 Å². The average Bonchev–Trinajstić information content (AvgIpc) is 3.01. The van der Waals surface area contributed by atoms with Crippen LogP contribution in [0.1, 0.15) is 10.4 Å². The predicted molar refractivity (Wildman–Crippen MR) is 86.2 cm³/mol. The molecule has 9 heteroatoms. The van der Waals surface area contributed by atoms with Crippen molar-refractivity contribution in [3.8, 4) is 11.3 Å². The molecular formula is C15H11ClN4O4. The zero-order valence-electron chi connectivity index (χ0n) is 12.1. The number of carboxylic acids is 1. The van der Waals surface area contributed by atoms with E-state index in [1.165, 1.54) is 16.9 Å². The molecule has 0 aliphatic rings. The van der Waals surface area contributed by atoms with Gasteiger partial charge in [-0.05, 0) is 12.1 Å². The second kappa shape index (κ2) is 6.17. The summed E-state index contributed by atoms with van der Waals surface area (Å²) in [6, 6.07) is 8.14. The monoisotopic (exact) mass is 346 g/mol. The Bertz CT molecular complexity index is 1010. The van der Waals surface area contributed by atoms with E-state index in [4.69, 9.17) is 16.7 Å². The van der Waals surface area contributed by atoms with E-state index in [9.17, 15) is 14.4 Å². The fraction of sp³-hybridized carbons (Fsp3) is 0.0667. The van der Waals surface area contributed by atoms with Gasteiger partial charge in [0.25, 0.3) is 5.91 Å². The number of aromatic nitrogens is 3. The van der Waals surface area contributed by atoms with E-state index in [1.54, 1.807) is 24.3 Å². The standard InChI is InChI=1S/C15H11ClN4O4/c16-9-3-1-2-8(4-9)10-5-11(21)13(14-18-7-19-20(10)14)15(24)17-6-12(22)23/h1-5,7H,6H2,(H,17,24)(H,18,19)(H,22,23). The molecule has 0 aliphatic carbocycles. The molecule has 0 saturated heterocycles. The molecular weight excluding hydrogens is 336 g/mol. The number of pyridine rings is 1. The number of nitrogens with zero attached hydrogens (tertiary/aromatic N) is 2. The minimum absolute atomic E-state index is 0.0976. The highest BCUT2D eigenvalue weighted by atomic mass is 35.5. The summed E-state index contributed by atoms with van der Waals surface area (Å²) in [6.07, 6.45) is 1.33. The number of carbonyl (C=O) groups is 2. The summed E-state index contributed by atoms with van der Waals surface area (Å²) < 4.78 is 1.46. The number of hydrogen-bond donors (Lipinski definition) is 3. The molecule has 3 rings (SSSR count). The van der Waals surface area contributed by atoms with Crippen LogP contribution in [0, 0.1) is 0 Å². The number of nitrogens with one attached hydrogen (secondary N) is 2.